The van der Waals surface area contributed by atoms with Gasteiger partial charge in [0.15, 0.2) is 11.5 Å². The van der Waals surface area contributed by atoms with Gasteiger partial charge >= 0.3 is 0 Å². The summed E-state index contributed by atoms with van der Waals surface area (Å²) in [4.78, 5) is 0. The maximum atomic E-state index is 5.39. The monoisotopic (exact) mass is 288 g/mol. The van der Waals surface area contributed by atoms with Crippen molar-refractivity contribution in [2.24, 2.45) is 0 Å². The third kappa shape index (κ3) is 2.31. The Bertz CT molecular complexity index is 804. The molecule has 0 bridgehead atoms. The lowest BCUT2D eigenvalue weighted by molar-refractivity contribution is 0.425. The van der Waals surface area contributed by atoms with Crippen LogP contribution in [0.25, 0.3) is 34.0 Å². The molecule has 0 saturated heterocycles. The number of hydrogen-bond acceptors (Lipinski definition) is 4. The summed E-state index contributed by atoms with van der Waals surface area (Å²) in [7, 11) is 0. The van der Waals surface area contributed by atoms with Gasteiger partial charge in [0.2, 0.25) is 0 Å². The van der Waals surface area contributed by atoms with Gasteiger partial charge in [-0.2, -0.15) is 0 Å². The minimum atomic E-state index is 0.657. The average molecular weight is 288 g/mol. The van der Waals surface area contributed by atoms with Crippen LogP contribution < -0.4 is 0 Å². The van der Waals surface area contributed by atoms with Crippen LogP contribution in [0.5, 0.6) is 0 Å². The van der Waals surface area contributed by atoms with Gasteiger partial charge in [0, 0.05) is 23.3 Å². The largest absolute Gasteiger partial charge is 0.356 e. The molecule has 0 radical (unpaired) electrons. The maximum absolute atomic E-state index is 5.39. The first-order chi connectivity index (χ1) is 10.9. The molecule has 4 aromatic rings. The normalized spacial score (nSPS) is 10.7. The zero-order valence-corrected chi connectivity index (χ0v) is 11.6. The molecule has 0 fully saturated rings. The van der Waals surface area contributed by atoms with Crippen molar-refractivity contribution < 1.29 is 9.05 Å². The fourth-order valence-corrected chi connectivity index (χ4v) is 2.27. The van der Waals surface area contributed by atoms with E-state index in [0.717, 1.165) is 11.1 Å². The van der Waals surface area contributed by atoms with E-state index in [1.54, 1.807) is 0 Å². The van der Waals surface area contributed by atoms with Crippen molar-refractivity contribution in [2.45, 2.75) is 0 Å². The van der Waals surface area contributed by atoms with E-state index in [-0.39, 0.29) is 0 Å². The molecule has 0 unspecified atom stereocenters. The van der Waals surface area contributed by atoms with E-state index in [0.29, 0.717) is 22.9 Å². The summed E-state index contributed by atoms with van der Waals surface area (Å²) in [5, 5.41) is 8.14. The first-order valence-corrected chi connectivity index (χ1v) is 6.95. The Morgan fingerprint density at radius 2 is 0.955 bits per heavy atom. The van der Waals surface area contributed by atoms with Crippen LogP contribution in [0.3, 0.4) is 0 Å². The summed E-state index contributed by atoms with van der Waals surface area (Å²) in [5.41, 5.74) is 3.27. The van der Waals surface area contributed by atoms with Crippen molar-refractivity contribution in [1.29, 1.82) is 0 Å². The van der Waals surface area contributed by atoms with E-state index in [1.165, 1.54) is 0 Å². The molecule has 0 N–H and O–H groups in total. The van der Waals surface area contributed by atoms with Crippen LogP contribution in [-0.4, -0.2) is 10.3 Å². The van der Waals surface area contributed by atoms with Gasteiger partial charge in [-0.15, -0.1) is 0 Å². The van der Waals surface area contributed by atoms with E-state index in [1.807, 2.05) is 72.8 Å². The molecule has 0 aliphatic heterocycles. The number of nitrogens with zero attached hydrogens (tertiary/aromatic N) is 2. The first kappa shape index (κ1) is 12.6. The highest BCUT2D eigenvalue weighted by Crippen LogP contribution is 2.28. The molecule has 2 aromatic carbocycles. The second-order valence-corrected chi connectivity index (χ2v) is 4.88. The highest BCUT2D eigenvalue weighted by Gasteiger charge is 2.13. The van der Waals surface area contributed by atoms with Crippen LogP contribution in [0.4, 0.5) is 0 Å². The molecule has 106 valence electrons. The maximum Gasteiger partial charge on any atom is 0.167 e. The molecule has 0 spiro atoms. The van der Waals surface area contributed by atoms with E-state index in [9.17, 15) is 0 Å². The quantitative estimate of drug-likeness (QED) is 0.550. The van der Waals surface area contributed by atoms with Gasteiger partial charge in [-0.3, -0.25) is 0 Å². The molecule has 0 aliphatic carbocycles. The predicted molar refractivity (Wildman–Crippen MR) is 82.9 cm³/mol. The SMILES string of the molecule is c1ccc(-c2cc(-c3cc(-c4ccccc4)on3)no2)cc1. The Kier molecular flexibility index (Phi) is 3.05. The van der Waals surface area contributed by atoms with Crippen LogP contribution in [0.15, 0.2) is 81.8 Å². The third-order valence-electron chi connectivity index (χ3n) is 3.40. The molecule has 0 atom stereocenters. The van der Waals surface area contributed by atoms with Crippen molar-refractivity contribution in [1.82, 2.24) is 10.3 Å². The summed E-state index contributed by atoms with van der Waals surface area (Å²) < 4.78 is 10.8. The number of benzene rings is 2. The van der Waals surface area contributed by atoms with Crippen molar-refractivity contribution in [3.63, 3.8) is 0 Å². The number of rotatable bonds is 3. The average Bonchev–Trinajstić information content (AvgIpc) is 3.26. The second-order valence-electron chi connectivity index (χ2n) is 4.88. The molecule has 0 amide bonds. The smallest absolute Gasteiger partial charge is 0.167 e. The Morgan fingerprint density at radius 1 is 0.545 bits per heavy atom. The van der Waals surface area contributed by atoms with E-state index < -0.39 is 0 Å². The fraction of sp³-hybridized carbons (Fsp3) is 0. The summed E-state index contributed by atoms with van der Waals surface area (Å²) in [6, 6.07) is 23.4. The molecule has 4 nitrogen and oxygen atoms in total. The Balaban J connectivity index is 1.66. The fourth-order valence-electron chi connectivity index (χ4n) is 2.27. The van der Waals surface area contributed by atoms with Crippen LogP contribution in [0.2, 0.25) is 0 Å². The number of aromatic nitrogens is 2. The summed E-state index contributed by atoms with van der Waals surface area (Å²) in [6.07, 6.45) is 0. The molecule has 2 aromatic heterocycles. The molecule has 0 saturated carbocycles. The van der Waals surface area contributed by atoms with Crippen LogP contribution in [-0.2, 0) is 0 Å². The van der Waals surface area contributed by atoms with Crippen molar-refractivity contribution in [2.75, 3.05) is 0 Å². The molecule has 2 heterocycles. The molecule has 4 rings (SSSR count). The highest BCUT2D eigenvalue weighted by molar-refractivity contribution is 5.68. The van der Waals surface area contributed by atoms with Gasteiger partial charge in [-0.25, -0.2) is 0 Å². The Hall–Kier alpha value is -3.14. The van der Waals surface area contributed by atoms with Gasteiger partial charge in [-0.1, -0.05) is 71.0 Å². The third-order valence-corrected chi connectivity index (χ3v) is 3.40. The summed E-state index contributed by atoms with van der Waals surface area (Å²) >= 11 is 0. The van der Waals surface area contributed by atoms with Crippen LogP contribution in [0, 0.1) is 0 Å². The minimum absolute atomic E-state index is 0.657. The van der Waals surface area contributed by atoms with E-state index in [4.69, 9.17) is 9.05 Å². The molecule has 4 heteroatoms. The molecular formula is C18H12N2O2. The van der Waals surface area contributed by atoms with E-state index in [2.05, 4.69) is 10.3 Å². The van der Waals surface area contributed by atoms with Crippen molar-refractivity contribution >= 4 is 0 Å². The van der Waals surface area contributed by atoms with E-state index >= 15 is 0 Å². The lowest BCUT2D eigenvalue weighted by atomic mass is 10.1. The topological polar surface area (TPSA) is 52.1 Å². The standard InChI is InChI=1S/C18H12N2O2/c1-3-7-13(8-4-1)17-11-15(19-21-17)16-12-18(22-20-16)14-9-5-2-6-10-14/h1-12H. The Morgan fingerprint density at radius 3 is 1.36 bits per heavy atom. The minimum Gasteiger partial charge on any atom is -0.356 e. The van der Waals surface area contributed by atoms with Gasteiger partial charge in [-0.05, 0) is 0 Å². The number of hydrogen-bond donors (Lipinski definition) is 0. The summed E-state index contributed by atoms with van der Waals surface area (Å²) in [5.74, 6) is 1.42. The zero-order valence-electron chi connectivity index (χ0n) is 11.6. The van der Waals surface area contributed by atoms with Crippen molar-refractivity contribution in [3.8, 4) is 34.0 Å². The zero-order chi connectivity index (χ0) is 14.8. The highest BCUT2D eigenvalue weighted by atomic mass is 16.5. The van der Waals surface area contributed by atoms with Gasteiger partial charge in [0.05, 0.1) is 0 Å². The molecule has 0 aliphatic rings. The predicted octanol–water partition coefficient (Wildman–Crippen LogP) is 4.66. The van der Waals surface area contributed by atoms with Gasteiger partial charge in [0.25, 0.3) is 0 Å². The Labute approximate surface area is 127 Å². The van der Waals surface area contributed by atoms with Crippen LogP contribution in [0.1, 0.15) is 0 Å². The molecular weight excluding hydrogens is 276 g/mol. The van der Waals surface area contributed by atoms with Crippen molar-refractivity contribution in [3.05, 3.63) is 72.8 Å². The summed E-state index contributed by atoms with van der Waals surface area (Å²) in [6.45, 7) is 0. The molecule has 22 heavy (non-hydrogen) atoms. The lowest BCUT2D eigenvalue weighted by Crippen LogP contribution is -1.74. The van der Waals surface area contributed by atoms with Gasteiger partial charge < -0.3 is 9.05 Å². The second kappa shape index (κ2) is 5.33. The van der Waals surface area contributed by atoms with Gasteiger partial charge in [0.1, 0.15) is 11.4 Å². The first-order valence-electron chi connectivity index (χ1n) is 6.95. The van der Waals surface area contributed by atoms with Crippen LogP contribution >= 0.6 is 0 Å². The lowest BCUT2D eigenvalue weighted by Gasteiger charge is -1.91.